The quantitative estimate of drug-likeness (QED) is 0.570. The van der Waals surface area contributed by atoms with Gasteiger partial charge in [-0.05, 0) is 56.2 Å². The molecule has 0 saturated heterocycles. The Bertz CT molecular complexity index is 744. The van der Waals surface area contributed by atoms with E-state index in [0.717, 1.165) is 32.3 Å². The summed E-state index contributed by atoms with van der Waals surface area (Å²) < 4.78 is 2.64. The number of nitrogens with two attached hydrogens (primary N) is 1. The largest absolute Gasteiger partial charge is 0.398 e. The highest BCUT2D eigenvalue weighted by Crippen LogP contribution is 2.26. The van der Waals surface area contributed by atoms with Gasteiger partial charge in [0.05, 0.1) is 5.69 Å². The molecule has 0 atom stereocenters. The van der Waals surface area contributed by atoms with E-state index >= 15 is 0 Å². The van der Waals surface area contributed by atoms with Crippen molar-refractivity contribution in [2.75, 3.05) is 5.73 Å². The molecule has 0 aliphatic carbocycles. The first-order valence-electron chi connectivity index (χ1n) is 6.24. The van der Waals surface area contributed by atoms with Crippen LogP contribution in [0.2, 0.25) is 0 Å². The lowest BCUT2D eigenvalue weighted by molar-refractivity contribution is 0.756. The Morgan fingerprint density at radius 3 is 2.71 bits per heavy atom. The third-order valence-electron chi connectivity index (χ3n) is 2.87. The normalized spacial score (nSPS) is 10.7. The maximum Gasteiger partial charge on any atom is 0.214 e. The number of halogens is 1. The molecule has 2 aromatic carbocycles. The summed E-state index contributed by atoms with van der Waals surface area (Å²) in [6.45, 7) is 0. The fourth-order valence-electron chi connectivity index (χ4n) is 1.83. The van der Waals surface area contributed by atoms with Gasteiger partial charge in [-0.1, -0.05) is 36.0 Å². The van der Waals surface area contributed by atoms with Crippen molar-refractivity contribution in [3.8, 4) is 5.69 Å². The van der Waals surface area contributed by atoms with Gasteiger partial charge in [0, 0.05) is 15.9 Å². The van der Waals surface area contributed by atoms with Gasteiger partial charge in [-0.2, -0.15) is 4.68 Å². The predicted octanol–water partition coefficient (Wildman–Crippen LogP) is 3.30. The monoisotopic (exact) mass is 361 g/mol. The first kappa shape index (κ1) is 14.1. The second-order valence-electron chi connectivity index (χ2n) is 4.35. The summed E-state index contributed by atoms with van der Waals surface area (Å²) in [5, 5.41) is 12.6. The zero-order valence-corrected chi connectivity index (χ0v) is 13.4. The van der Waals surface area contributed by atoms with Crippen molar-refractivity contribution >= 4 is 33.4 Å². The first-order valence-corrected chi connectivity index (χ1v) is 8.02. The van der Waals surface area contributed by atoms with Gasteiger partial charge in [0.25, 0.3) is 0 Å². The van der Waals surface area contributed by atoms with Gasteiger partial charge in [0.2, 0.25) is 5.16 Å². The Balaban J connectivity index is 1.77. The molecule has 0 unspecified atom stereocenters. The summed E-state index contributed by atoms with van der Waals surface area (Å²) in [5.74, 6) is 0.755. The first-order chi connectivity index (χ1) is 10.2. The molecule has 0 aliphatic rings. The van der Waals surface area contributed by atoms with Crippen LogP contribution < -0.4 is 5.73 Å². The molecule has 0 saturated carbocycles. The summed E-state index contributed by atoms with van der Waals surface area (Å²) >= 11 is 4.97. The number of thioether (sulfide) groups is 1. The molecular weight excluding hydrogens is 350 g/mol. The van der Waals surface area contributed by atoms with Gasteiger partial charge in [-0.25, -0.2) is 0 Å². The molecule has 0 aliphatic heterocycles. The van der Waals surface area contributed by atoms with Crippen LogP contribution >= 0.6 is 27.7 Å². The molecule has 0 fully saturated rings. The van der Waals surface area contributed by atoms with E-state index in [0.29, 0.717) is 0 Å². The number of para-hydroxylation sites is 1. The number of nitrogens with zero attached hydrogens (tertiary/aromatic N) is 4. The Morgan fingerprint density at radius 2 is 1.95 bits per heavy atom. The molecule has 0 amide bonds. The summed E-state index contributed by atoms with van der Waals surface area (Å²) in [6, 6.07) is 15.8. The van der Waals surface area contributed by atoms with Gasteiger partial charge in [0.1, 0.15) is 0 Å². The van der Waals surface area contributed by atoms with E-state index in [4.69, 9.17) is 5.73 Å². The van der Waals surface area contributed by atoms with Gasteiger partial charge >= 0.3 is 0 Å². The molecule has 0 bridgehead atoms. The molecule has 0 spiro atoms. The highest BCUT2D eigenvalue weighted by atomic mass is 79.9. The highest BCUT2D eigenvalue weighted by Gasteiger charge is 2.09. The Labute approximate surface area is 134 Å². The van der Waals surface area contributed by atoms with E-state index in [2.05, 4.69) is 31.5 Å². The van der Waals surface area contributed by atoms with Crippen molar-refractivity contribution in [2.24, 2.45) is 0 Å². The van der Waals surface area contributed by atoms with E-state index in [1.54, 1.807) is 16.4 Å². The van der Waals surface area contributed by atoms with Crippen LogP contribution in [0.5, 0.6) is 0 Å². The minimum Gasteiger partial charge on any atom is -0.398 e. The number of hydrogen-bond donors (Lipinski definition) is 1. The van der Waals surface area contributed by atoms with Crippen LogP contribution in [0.15, 0.2) is 58.2 Å². The standard InChI is InChI=1S/C14H12BrN5S/c15-12-7-6-10(8-13(12)16)9-21-14-17-18-19-20(14)11-4-2-1-3-5-11/h1-8H,9,16H2. The van der Waals surface area contributed by atoms with Gasteiger partial charge in [-0.15, -0.1) is 5.10 Å². The maximum absolute atomic E-state index is 5.89. The fraction of sp³-hybridized carbons (Fsp3) is 0.0714. The van der Waals surface area contributed by atoms with Crippen LogP contribution in [0.3, 0.4) is 0 Å². The van der Waals surface area contributed by atoms with Gasteiger partial charge in [-0.3, -0.25) is 0 Å². The second kappa shape index (κ2) is 6.28. The Hall–Kier alpha value is -1.86. The maximum atomic E-state index is 5.89. The number of rotatable bonds is 4. The zero-order chi connectivity index (χ0) is 14.7. The molecule has 106 valence electrons. The SMILES string of the molecule is Nc1cc(CSc2nnnn2-c2ccccc2)ccc1Br. The summed E-state index contributed by atoms with van der Waals surface area (Å²) in [7, 11) is 0. The topological polar surface area (TPSA) is 69.6 Å². The van der Waals surface area contributed by atoms with E-state index in [1.165, 1.54) is 0 Å². The molecule has 0 radical (unpaired) electrons. The molecule has 1 heterocycles. The van der Waals surface area contributed by atoms with Crippen molar-refractivity contribution in [2.45, 2.75) is 10.9 Å². The minimum absolute atomic E-state index is 0.732. The average Bonchev–Trinajstić information content (AvgIpc) is 2.98. The number of benzene rings is 2. The van der Waals surface area contributed by atoms with Crippen molar-refractivity contribution in [1.29, 1.82) is 0 Å². The molecule has 3 rings (SSSR count). The number of hydrogen-bond acceptors (Lipinski definition) is 5. The Morgan fingerprint density at radius 1 is 1.14 bits per heavy atom. The third kappa shape index (κ3) is 3.25. The lowest BCUT2D eigenvalue weighted by Crippen LogP contribution is -1.98. The Kier molecular flexibility index (Phi) is 4.21. The minimum atomic E-state index is 0.732. The van der Waals surface area contributed by atoms with E-state index in [9.17, 15) is 0 Å². The number of anilines is 1. The zero-order valence-electron chi connectivity index (χ0n) is 11.0. The van der Waals surface area contributed by atoms with E-state index in [1.807, 2.05) is 48.5 Å². The van der Waals surface area contributed by atoms with Crippen molar-refractivity contribution < 1.29 is 0 Å². The van der Waals surface area contributed by atoms with Crippen LogP contribution in [-0.2, 0) is 5.75 Å². The summed E-state index contributed by atoms with van der Waals surface area (Å²) in [6.07, 6.45) is 0. The molecular formula is C14H12BrN5S. The van der Waals surface area contributed by atoms with Gasteiger partial charge in [0.15, 0.2) is 0 Å². The molecule has 2 N–H and O–H groups in total. The van der Waals surface area contributed by atoms with Crippen LogP contribution in [0.1, 0.15) is 5.56 Å². The van der Waals surface area contributed by atoms with Crippen LogP contribution in [0.4, 0.5) is 5.69 Å². The van der Waals surface area contributed by atoms with Crippen molar-refractivity contribution in [3.63, 3.8) is 0 Å². The summed E-state index contributed by atoms with van der Waals surface area (Å²) in [5.41, 5.74) is 8.69. The predicted molar refractivity (Wildman–Crippen MR) is 87.3 cm³/mol. The third-order valence-corrected chi connectivity index (χ3v) is 4.58. The fourth-order valence-corrected chi connectivity index (χ4v) is 2.91. The number of aromatic nitrogens is 4. The smallest absolute Gasteiger partial charge is 0.214 e. The van der Waals surface area contributed by atoms with Gasteiger partial charge < -0.3 is 5.73 Å². The van der Waals surface area contributed by atoms with Crippen molar-refractivity contribution in [1.82, 2.24) is 20.2 Å². The molecule has 21 heavy (non-hydrogen) atoms. The van der Waals surface area contributed by atoms with Crippen LogP contribution in [0, 0.1) is 0 Å². The highest BCUT2D eigenvalue weighted by molar-refractivity contribution is 9.10. The lowest BCUT2D eigenvalue weighted by Gasteiger charge is -2.05. The van der Waals surface area contributed by atoms with E-state index < -0.39 is 0 Å². The van der Waals surface area contributed by atoms with Crippen molar-refractivity contribution in [3.05, 3.63) is 58.6 Å². The molecule has 3 aromatic rings. The molecule has 1 aromatic heterocycles. The summed E-state index contributed by atoms with van der Waals surface area (Å²) in [4.78, 5) is 0. The number of tetrazole rings is 1. The second-order valence-corrected chi connectivity index (χ2v) is 6.15. The number of nitrogen functional groups attached to an aromatic ring is 1. The lowest BCUT2D eigenvalue weighted by atomic mass is 10.2. The van der Waals surface area contributed by atoms with E-state index in [-0.39, 0.29) is 0 Å². The van der Waals surface area contributed by atoms with Crippen LogP contribution in [0.25, 0.3) is 5.69 Å². The van der Waals surface area contributed by atoms with Crippen LogP contribution in [-0.4, -0.2) is 20.2 Å². The average molecular weight is 362 g/mol. The molecule has 7 heteroatoms. The molecule has 5 nitrogen and oxygen atoms in total.